The lowest BCUT2D eigenvalue weighted by molar-refractivity contribution is 0.221. The number of furan rings is 1. The molecule has 3 heteroatoms. The fraction of sp³-hybridized carbons (Fsp3) is 0.667. The zero-order valence-corrected chi connectivity index (χ0v) is 11.4. The van der Waals surface area contributed by atoms with Crippen molar-refractivity contribution in [2.24, 2.45) is 5.41 Å². The largest absolute Gasteiger partial charge is 0.468 e. The summed E-state index contributed by atoms with van der Waals surface area (Å²) in [6.07, 6.45) is 6.40. The molecule has 0 atom stereocenters. The van der Waals surface area contributed by atoms with Crippen LogP contribution in [0, 0.1) is 16.7 Å². The van der Waals surface area contributed by atoms with Crippen LogP contribution >= 0.6 is 0 Å². The summed E-state index contributed by atoms with van der Waals surface area (Å²) < 4.78 is 5.42. The zero-order chi connectivity index (χ0) is 13.0. The molecular formula is C15H22N2O. The Morgan fingerprint density at radius 1 is 1.50 bits per heavy atom. The van der Waals surface area contributed by atoms with Crippen molar-refractivity contribution >= 4 is 0 Å². The Morgan fingerprint density at radius 3 is 2.83 bits per heavy atom. The molecule has 1 aromatic rings. The van der Waals surface area contributed by atoms with E-state index in [0.29, 0.717) is 0 Å². The molecule has 0 spiro atoms. The highest BCUT2D eigenvalue weighted by atomic mass is 16.3. The van der Waals surface area contributed by atoms with Crippen LogP contribution in [0.1, 0.15) is 45.3 Å². The monoisotopic (exact) mass is 246 g/mol. The summed E-state index contributed by atoms with van der Waals surface area (Å²) in [7, 11) is 0. The SMILES string of the molecule is CC(C)(C#N)CCCN(Cc1ccco1)C1CC1. The molecule has 2 rings (SSSR count). The van der Waals surface area contributed by atoms with E-state index in [4.69, 9.17) is 9.68 Å². The number of nitrogens with zero attached hydrogens (tertiary/aromatic N) is 2. The average Bonchev–Trinajstić information content (AvgIpc) is 3.07. The standard InChI is InChI=1S/C15H22N2O/c1-15(2,12-16)8-4-9-17(13-6-7-13)11-14-5-3-10-18-14/h3,5,10,13H,4,6-9,11H2,1-2H3. The molecule has 0 radical (unpaired) electrons. The number of rotatable bonds is 7. The molecule has 1 heterocycles. The first-order valence-electron chi connectivity index (χ1n) is 6.78. The molecule has 98 valence electrons. The van der Waals surface area contributed by atoms with E-state index in [1.54, 1.807) is 6.26 Å². The molecule has 0 unspecified atom stereocenters. The van der Waals surface area contributed by atoms with E-state index in [2.05, 4.69) is 11.0 Å². The molecular weight excluding hydrogens is 224 g/mol. The highest BCUT2D eigenvalue weighted by molar-refractivity contribution is 5.00. The van der Waals surface area contributed by atoms with Crippen molar-refractivity contribution in [1.82, 2.24) is 4.90 Å². The van der Waals surface area contributed by atoms with Gasteiger partial charge in [-0.3, -0.25) is 4.90 Å². The zero-order valence-electron chi connectivity index (χ0n) is 11.4. The van der Waals surface area contributed by atoms with Gasteiger partial charge < -0.3 is 4.42 Å². The molecule has 18 heavy (non-hydrogen) atoms. The van der Waals surface area contributed by atoms with Gasteiger partial charge in [0, 0.05) is 6.04 Å². The number of hydrogen-bond donors (Lipinski definition) is 0. The van der Waals surface area contributed by atoms with Crippen LogP contribution in [-0.2, 0) is 6.54 Å². The quantitative estimate of drug-likeness (QED) is 0.738. The van der Waals surface area contributed by atoms with Crippen LogP contribution in [0.4, 0.5) is 0 Å². The van der Waals surface area contributed by atoms with Gasteiger partial charge in [-0.1, -0.05) is 0 Å². The maximum Gasteiger partial charge on any atom is 0.117 e. The third-order valence-electron chi connectivity index (χ3n) is 3.55. The summed E-state index contributed by atoms with van der Waals surface area (Å²) in [4.78, 5) is 2.49. The normalized spacial score (nSPS) is 15.9. The molecule has 0 aromatic carbocycles. The average molecular weight is 246 g/mol. The van der Waals surface area contributed by atoms with Crippen molar-refractivity contribution in [3.05, 3.63) is 24.2 Å². The first kappa shape index (κ1) is 13.2. The van der Waals surface area contributed by atoms with Crippen molar-refractivity contribution in [1.29, 1.82) is 5.26 Å². The Labute approximate surface area is 109 Å². The van der Waals surface area contributed by atoms with Gasteiger partial charge in [0.1, 0.15) is 5.76 Å². The van der Waals surface area contributed by atoms with Crippen molar-refractivity contribution in [3.63, 3.8) is 0 Å². The van der Waals surface area contributed by atoms with Crippen LogP contribution in [0.2, 0.25) is 0 Å². The summed E-state index contributed by atoms with van der Waals surface area (Å²) in [5.41, 5.74) is -0.195. The highest BCUT2D eigenvalue weighted by Gasteiger charge is 2.29. The van der Waals surface area contributed by atoms with Gasteiger partial charge >= 0.3 is 0 Å². The third-order valence-corrected chi connectivity index (χ3v) is 3.55. The Kier molecular flexibility index (Phi) is 4.08. The Hall–Kier alpha value is -1.27. The van der Waals surface area contributed by atoms with Gasteiger partial charge in [-0.2, -0.15) is 5.26 Å². The van der Waals surface area contributed by atoms with Crippen LogP contribution in [-0.4, -0.2) is 17.5 Å². The van der Waals surface area contributed by atoms with Gasteiger partial charge in [0.2, 0.25) is 0 Å². The van der Waals surface area contributed by atoms with Crippen molar-refractivity contribution < 1.29 is 4.42 Å². The summed E-state index contributed by atoms with van der Waals surface area (Å²) in [6, 6.07) is 7.08. The van der Waals surface area contributed by atoms with E-state index in [1.807, 2.05) is 26.0 Å². The van der Waals surface area contributed by atoms with Crippen molar-refractivity contribution in [2.75, 3.05) is 6.54 Å². The maximum atomic E-state index is 9.01. The topological polar surface area (TPSA) is 40.2 Å². The Bertz CT molecular complexity index is 399. The minimum absolute atomic E-state index is 0.195. The van der Waals surface area contributed by atoms with Gasteiger partial charge in [-0.25, -0.2) is 0 Å². The third kappa shape index (κ3) is 3.89. The lowest BCUT2D eigenvalue weighted by atomic mass is 9.90. The van der Waals surface area contributed by atoms with Gasteiger partial charge in [0.05, 0.1) is 24.3 Å². The molecule has 3 nitrogen and oxygen atoms in total. The lowest BCUT2D eigenvalue weighted by Crippen LogP contribution is -2.27. The van der Waals surface area contributed by atoms with E-state index < -0.39 is 0 Å². The van der Waals surface area contributed by atoms with E-state index in [-0.39, 0.29) is 5.41 Å². The first-order valence-corrected chi connectivity index (χ1v) is 6.78. The lowest BCUT2D eigenvalue weighted by Gasteiger charge is -2.22. The van der Waals surface area contributed by atoms with Crippen LogP contribution in [0.5, 0.6) is 0 Å². The van der Waals surface area contributed by atoms with Gasteiger partial charge in [-0.05, 0) is 58.2 Å². The molecule has 1 saturated carbocycles. The van der Waals surface area contributed by atoms with E-state index >= 15 is 0 Å². The highest BCUT2D eigenvalue weighted by Crippen LogP contribution is 2.29. The number of hydrogen-bond acceptors (Lipinski definition) is 3. The maximum absolute atomic E-state index is 9.01. The molecule has 0 saturated heterocycles. The fourth-order valence-corrected chi connectivity index (χ4v) is 2.21. The summed E-state index contributed by atoms with van der Waals surface area (Å²) in [5, 5.41) is 9.01. The second-order valence-electron chi connectivity index (χ2n) is 5.88. The Balaban J connectivity index is 1.79. The molecule has 0 N–H and O–H groups in total. The number of nitriles is 1. The smallest absolute Gasteiger partial charge is 0.117 e. The minimum Gasteiger partial charge on any atom is -0.468 e. The fourth-order valence-electron chi connectivity index (χ4n) is 2.21. The summed E-state index contributed by atoms with van der Waals surface area (Å²) >= 11 is 0. The molecule has 1 aliphatic rings. The predicted octanol–water partition coefficient (Wildman–Crippen LogP) is 3.57. The molecule has 0 amide bonds. The van der Waals surface area contributed by atoms with Gasteiger partial charge in [0.15, 0.2) is 0 Å². The predicted molar refractivity (Wildman–Crippen MR) is 70.8 cm³/mol. The summed E-state index contributed by atoms with van der Waals surface area (Å²) in [6.45, 7) is 6.00. The van der Waals surface area contributed by atoms with Gasteiger partial charge in [0.25, 0.3) is 0 Å². The van der Waals surface area contributed by atoms with Crippen LogP contribution < -0.4 is 0 Å². The van der Waals surface area contributed by atoms with E-state index in [9.17, 15) is 0 Å². The van der Waals surface area contributed by atoms with Crippen LogP contribution in [0.25, 0.3) is 0 Å². The summed E-state index contributed by atoms with van der Waals surface area (Å²) in [5.74, 6) is 1.04. The first-order chi connectivity index (χ1) is 8.61. The molecule has 0 bridgehead atoms. The second-order valence-corrected chi connectivity index (χ2v) is 5.88. The van der Waals surface area contributed by atoms with Gasteiger partial charge in [-0.15, -0.1) is 0 Å². The molecule has 0 aliphatic heterocycles. The van der Waals surface area contributed by atoms with E-state index in [0.717, 1.165) is 37.7 Å². The van der Waals surface area contributed by atoms with Crippen LogP contribution in [0.15, 0.2) is 22.8 Å². The molecule has 1 aliphatic carbocycles. The van der Waals surface area contributed by atoms with Crippen molar-refractivity contribution in [3.8, 4) is 6.07 Å². The Morgan fingerprint density at radius 2 is 2.28 bits per heavy atom. The second kappa shape index (κ2) is 5.58. The molecule has 1 fully saturated rings. The van der Waals surface area contributed by atoms with E-state index in [1.165, 1.54) is 12.8 Å². The minimum atomic E-state index is -0.195. The van der Waals surface area contributed by atoms with Crippen molar-refractivity contribution in [2.45, 2.75) is 52.1 Å². The van der Waals surface area contributed by atoms with Crippen LogP contribution in [0.3, 0.4) is 0 Å². The molecule has 1 aromatic heterocycles.